The number of nitro benzene ring substituents is 1. The molecule has 1 aromatic carbocycles. The summed E-state index contributed by atoms with van der Waals surface area (Å²) >= 11 is 0. The van der Waals surface area contributed by atoms with Crippen molar-refractivity contribution >= 4 is 52.1 Å². The van der Waals surface area contributed by atoms with Gasteiger partial charge in [0.2, 0.25) is 0 Å². The van der Waals surface area contributed by atoms with Gasteiger partial charge in [0.25, 0.3) is 5.69 Å². The first-order chi connectivity index (χ1) is 16.1. The summed E-state index contributed by atoms with van der Waals surface area (Å²) < 4.78 is 0. The van der Waals surface area contributed by atoms with Crippen molar-refractivity contribution in [1.82, 2.24) is 19.9 Å². The van der Waals surface area contributed by atoms with Crippen molar-refractivity contribution in [2.45, 2.75) is 0 Å². The SMILES string of the molecule is O=[N+]([O-])c1ccccc1-c1cc2cc3nc(cc4ccc(cc5nc(cc1[nH]2)C=C5)[nH]4)C=C3. The van der Waals surface area contributed by atoms with E-state index in [0.717, 1.165) is 50.4 Å². The highest BCUT2D eigenvalue weighted by molar-refractivity contribution is 5.91. The highest BCUT2D eigenvalue weighted by atomic mass is 16.6. The zero-order valence-electron chi connectivity index (χ0n) is 17.3. The molecule has 2 aliphatic rings. The van der Waals surface area contributed by atoms with Gasteiger partial charge in [0.1, 0.15) is 0 Å². The summed E-state index contributed by atoms with van der Waals surface area (Å²) in [4.78, 5) is 27.4. The van der Waals surface area contributed by atoms with E-state index >= 15 is 0 Å². The molecule has 0 fully saturated rings. The minimum absolute atomic E-state index is 0.0544. The molecule has 0 saturated heterocycles. The average molecular weight is 431 g/mol. The lowest BCUT2D eigenvalue weighted by molar-refractivity contribution is -0.384. The van der Waals surface area contributed by atoms with Crippen molar-refractivity contribution in [2.24, 2.45) is 0 Å². The molecule has 7 nitrogen and oxygen atoms in total. The molecule has 0 radical (unpaired) electrons. The maximum atomic E-state index is 11.7. The lowest BCUT2D eigenvalue weighted by Gasteiger charge is -2.00. The van der Waals surface area contributed by atoms with Gasteiger partial charge >= 0.3 is 0 Å². The van der Waals surface area contributed by atoms with Crippen molar-refractivity contribution in [3.63, 3.8) is 0 Å². The molecule has 0 unspecified atom stereocenters. The zero-order valence-corrected chi connectivity index (χ0v) is 17.3. The van der Waals surface area contributed by atoms with E-state index in [1.807, 2.05) is 66.8 Å². The highest BCUT2D eigenvalue weighted by Gasteiger charge is 2.17. The lowest BCUT2D eigenvalue weighted by atomic mass is 10.0. The number of benzene rings is 1. The number of rotatable bonds is 2. The van der Waals surface area contributed by atoms with E-state index in [1.165, 1.54) is 6.07 Å². The van der Waals surface area contributed by atoms with Crippen LogP contribution in [-0.2, 0) is 0 Å². The molecule has 0 spiro atoms. The molecular weight excluding hydrogens is 414 g/mol. The molecule has 0 aliphatic carbocycles. The molecule has 158 valence electrons. The lowest BCUT2D eigenvalue weighted by Crippen LogP contribution is -1.90. The number of hydrogen-bond donors (Lipinski definition) is 2. The molecule has 4 aromatic rings. The number of nitro groups is 1. The van der Waals surface area contributed by atoms with Crippen LogP contribution in [0.25, 0.3) is 57.5 Å². The fraction of sp³-hybridized carbons (Fsp3) is 0. The largest absolute Gasteiger partial charge is 0.355 e. The van der Waals surface area contributed by atoms with Crippen LogP contribution in [0, 0.1) is 10.1 Å². The van der Waals surface area contributed by atoms with Crippen LogP contribution in [0.1, 0.15) is 22.8 Å². The standard InChI is InChI=1S/C26H17N5O2/c32-31(33)26-4-2-1-3-23(26)24-14-22-13-20-8-7-18(28-20)11-16-5-6-17(27-16)12-19-9-10-21(29-19)15-25(24)30-22/h1-15,27,30H. The maximum absolute atomic E-state index is 11.7. The molecule has 3 aromatic heterocycles. The maximum Gasteiger partial charge on any atom is 0.277 e. The van der Waals surface area contributed by atoms with Crippen LogP contribution < -0.4 is 0 Å². The quantitative estimate of drug-likeness (QED) is 0.251. The van der Waals surface area contributed by atoms with Crippen molar-refractivity contribution in [1.29, 1.82) is 0 Å². The Kier molecular flexibility index (Phi) is 4.26. The molecule has 7 heteroatoms. The van der Waals surface area contributed by atoms with Gasteiger partial charge in [-0.25, -0.2) is 9.97 Å². The van der Waals surface area contributed by atoms with Crippen molar-refractivity contribution < 1.29 is 4.92 Å². The van der Waals surface area contributed by atoms with Gasteiger partial charge in [-0.3, -0.25) is 10.1 Å². The monoisotopic (exact) mass is 431 g/mol. The summed E-state index contributed by atoms with van der Waals surface area (Å²) in [6, 6.07) is 20.5. The summed E-state index contributed by atoms with van der Waals surface area (Å²) in [6.07, 6.45) is 7.77. The number of aromatic amines is 2. The van der Waals surface area contributed by atoms with Gasteiger partial charge in [-0.05, 0) is 72.8 Å². The molecule has 33 heavy (non-hydrogen) atoms. The fourth-order valence-corrected chi connectivity index (χ4v) is 4.10. The number of nitrogens with one attached hydrogen (secondary N) is 2. The predicted molar refractivity (Wildman–Crippen MR) is 131 cm³/mol. The second-order valence-corrected chi connectivity index (χ2v) is 7.86. The summed E-state index contributed by atoms with van der Waals surface area (Å²) in [5.41, 5.74) is 7.99. The third-order valence-electron chi connectivity index (χ3n) is 5.56. The van der Waals surface area contributed by atoms with Crippen LogP contribution >= 0.6 is 0 Å². The van der Waals surface area contributed by atoms with Crippen molar-refractivity contribution in [3.8, 4) is 11.1 Å². The van der Waals surface area contributed by atoms with E-state index in [2.05, 4.69) is 15.0 Å². The van der Waals surface area contributed by atoms with Gasteiger partial charge in [-0.15, -0.1) is 0 Å². The molecule has 6 rings (SSSR count). The Bertz CT molecular complexity index is 1660. The Hall–Kier alpha value is -4.78. The van der Waals surface area contributed by atoms with Gasteiger partial charge < -0.3 is 9.97 Å². The van der Waals surface area contributed by atoms with E-state index < -0.39 is 0 Å². The second-order valence-electron chi connectivity index (χ2n) is 7.86. The first-order valence-electron chi connectivity index (χ1n) is 10.4. The number of fused-ring (bicyclic) bond motifs is 8. The minimum atomic E-state index is -0.357. The van der Waals surface area contributed by atoms with Crippen LogP contribution in [0.15, 0.2) is 66.7 Å². The van der Waals surface area contributed by atoms with Crippen LogP contribution in [0.3, 0.4) is 0 Å². The van der Waals surface area contributed by atoms with E-state index in [1.54, 1.807) is 18.2 Å². The molecule has 0 atom stereocenters. The van der Waals surface area contributed by atoms with E-state index in [9.17, 15) is 10.1 Å². The normalized spacial score (nSPS) is 12.2. The minimum Gasteiger partial charge on any atom is -0.355 e. The summed E-state index contributed by atoms with van der Waals surface area (Å²) in [6.45, 7) is 0. The Balaban J connectivity index is 1.69. The highest BCUT2D eigenvalue weighted by Crippen LogP contribution is 2.34. The Labute approximate surface area is 188 Å². The fourth-order valence-electron chi connectivity index (χ4n) is 4.10. The van der Waals surface area contributed by atoms with E-state index in [-0.39, 0.29) is 10.6 Å². The number of hydrogen-bond acceptors (Lipinski definition) is 4. The smallest absolute Gasteiger partial charge is 0.277 e. The Morgan fingerprint density at radius 3 is 1.85 bits per heavy atom. The number of H-pyrrole nitrogens is 2. The van der Waals surface area contributed by atoms with Gasteiger partial charge in [-0.1, -0.05) is 12.1 Å². The molecule has 0 saturated carbocycles. The molecule has 5 heterocycles. The Morgan fingerprint density at radius 2 is 1.21 bits per heavy atom. The zero-order chi connectivity index (χ0) is 22.4. The van der Waals surface area contributed by atoms with Gasteiger partial charge in [-0.2, -0.15) is 0 Å². The number of aromatic nitrogens is 4. The third-order valence-corrected chi connectivity index (χ3v) is 5.56. The molecule has 8 bridgehead atoms. The second kappa shape index (κ2) is 7.42. The summed E-state index contributed by atoms with van der Waals surface area (Å²) in [5.74, 6) is 0. The third kappa shape index (κ3) is 3.61. The molecule has 2 aliphatic heterocycles. The predicted octanol–water partition coefficient (Wildman–Crippen LogP) is 6.23. The molecule has 2 N–H and O–H groups in total. The van der Waals surface area contributed by atoms with Crippen LogP contribution in [0.5, 0.6) is 0 Å². The van der Waals surface area contributed by atoms with Crippen LogP contribution in [0.2, 0.25) is 0 Å². The average Bonchev–Trinajstić information content (AvgIpc) is 3.59. The molecular formula is C26H17N5O2. The van der Waals surface area contributed by atoms with E-state index in [0.29, 0.717) is 5.56 Å². The first-order valence-corrected chi connectivity index (χ1v) is 10.4. The van der Waals surface area contributed by atoms with Crippen LogP contribution in [0.4, 0.5) is 5.69 Å². The Morgan fingerprint density at radius 1 is 0.636 bits per heavy atom. The first kappa shape index (κ1) is 18.9. The van der Waals surface area contributed by atoms with E-state index in [4.69, 9.17) is 4.98 Å². The summed E-state index contributed by atoms with van der Waals surface area (Å²) in [7, 11) is 0. The van der Waals surface area contributed by atoms with Crippen molar-refractivity contribution in [2.75, 3.05) is 0 Å². The number of nitrogens with zero attached hydrogens (tertiary/aromatic N) is 3. The summed E-state index contributed by atoms with van der Waals surface area (Å²) in [5, 5.41) is 11.7. The van der Waals surface area contributed by atoms with Gasteiger partial charge in [0.05, 0.1) is 33.3 Å². The van der Waals surface area contributed by atoms with Crippen LogP contribution in [-0.4, -0.2) is 24.9 Å². The van der Waals surface area contributed by atoms with Gasteiger partial charge in [0.15, 0.2) is 0 Å². The molecule has 0 amide bonds. The van der Waals surface area contributed by atoms with Gasteiger partial charge in [0, 0.05) is 33.7 Å². The number of para-hydroxylation sites is 1. The van der Waals surface area contributed by atoms with Crippen molar-refractivity contribution in [3.05, 3.63) is 99.6 Å². The topological polar surface area (TPSA) is 100 Å².